The predicted octanol–water partition coefficient (Wildman–Crippen LogP) is 2.75. The number of nitrogens with one attached hydrogen (secondary N) is 1. The number of hydrogen-bond donors (Lipinski definition) is 2. The molecule has 0 heterocycles. The maximum Gasteiger partial charge on any atom is 0.225 e. The van der Waals surface area contributed by atoms with Crippen LogP contribution in [-0.2, 0) is 10.2 Å². The van der Waals surface area contributed by atoms with Gasteiger partial charge in [-0.2, -0.15) is 0 Å². The average molecular weight is 316 g/mol. The number of ether oxygens (including phenoxy) is 1. The molecule has 1 amide bonds. The molecule has 4 atom stereocenters. The Labute approximate surface area is 138 Å². The van der Waals surface area contributed by atoms with Crippen LogP contribution in [0.1, 0.15) is 51.5 Å². The Bertz CT molecular complexity index is 599. The number of carbonyl (C=O) groups excluding carboxylic acids is 1. The highest BCUT2D eigenvalue weighted by atomic mass is 16.5. The zero-order valence-corrected chi connectivity index (χ0v) is 14.4. The lowest BCUT2D eigenvalue weighted by Crippen LogP contribution is -2.53. The van der Waals surface area contributed by atoms with Crippen LogP contribution in [-0.4, -0.2) is 24.6 Å². The van der Waals surface area contributed by atoms with E-state index in [0.29, 0.717) is 0 Å². The maximum atomic E-state index is 12.7. The van der Waals surface area contributed by atoms with Crippen LogP contribution in [0.3, 0.4) is 0 Å². The molecule has 0 saturated heterocycles. The van der Waals surface area contributed by atoms with Crippen molar-refractivity contribution in [3.8, 4) is 5.75 Å². The number of methoxy groups -OCH3 is 1. The molecule has 4 heteroatoms. The van der Waals surface area contributed by atoms with Gasteiger partial charge in [0, 0.05) is 22.6 Å². The van der Waals surface area contributed by atoms with Crippen LogP contribution in [0.5, 0.6) is 5.75 Å². The predicted molar refractivity (Wildman–Crippen MR) is 91.4 cm³/mol. The van der Waals surface area contributed by atoms with Crippen LogP contribution in [0.15, 0.2) is 24.3 Å². The van der Waals surface area contributed by atoms with Gasteiger partial charge in [0.1, 0.15) is 5.75 Å². The second-order valence-corrected chi connectivity index (χ2v) is 7.69. The van der Waals surface area contributed by atoms with Crippen molar-refractivity contribution in [3.05, 3.63) is 29.8 Å². The van der Waals surface area contributed by atoms with Gasteiger partial charge in [0.05, 0.1) is 13.0 Å². The van der Waals surface area contributed by atoms with Crippen molar-refractivity contribution in [2.24, 2.45) is 11.7 Å². The van der Waals surface area contributed by atoms with Gasteiger partial charge >= 0.3 is 0 Å². The molecule has 23 heavy (non-hydrogen) atoms. The number of para-hydroxylation sites is 1. The van der Waals surface area contributed by atoms with Gasteiger partial charge in [0.2, 0.25) is 5.91 Å². The fourth-order valence-corrected chi connectivity index (χ4v) is 4.05. The minimum absolute atomic E-state index is 0.0398. The second-order valence-electron chi connectivity index (χ2n) is 7.69. The largest absolute Gasteiger partial charge is 0.496 e. The van der Waals surface area contributed by atoms with E-state index < -0.39 is 0 Å². The molecule has 1 aromatic carbocycles. The molecule has 0 aromatic heterocycles. The van der Waals surface area contributed by atoms with E-state index in [-0.39, 0.29) is 28.8 Å². The molecule has 126 valence electrons. The number of benzene rings is 1. The van der Waals surface area contributed by atoms with Gasteiger partial charge in [-0.3, -0.25) is 4.79 Å². The lowest BCUT2D eigenvalue weighted by atomic mass is 9.74. The third-order valence-corrected chi connectivity index (χ3v) is 5.85. The maximum absolute atomic E-state index is 12.7. The highest BCUT2D eigenvalue weighted by Crippen LogP contribution is 2.51. The lowest BCUT2D eigenvalue weighted by Gasteiger charge is -2.37. The fraction of sp³-hybridized carbons (Fsp3) is 0.632. The van der Waals surface area contributed by atoms with E-state index in [1.54, 1.807) is 7.11 Å². The summed E-state index contributed by atoms with van der Waals surface area (Å²) in [5.74, 6) is 0.949. The van der Waals surface area contributed by atoms with Crippen molar-refractivity contribution < 1.29 is 9.53 Å². The molecule has 0 radical (unpaired) electrons. The van der Waals surface area contributed by atoms with Crippen molar-refractivity contribution in [1.29, 1.82) is 0 Å². The molecular formula is C19H28N2O2. The summed E-state index contributed by atoms with van der Waals surface area (Å²) in [5, 5.41) is 3.25. The van der Waals surface area contributed by atoms with Crippen LogP contribution in [0.25, 0.3) is 0 Å². The summed E-state index contributed by atoms with van der Waals surface area (Å²) in [7, 11) is 1.69. The number of amides is 1. The molecule has 2 fully saturated rings. The highest BCUT2D eigenvalue weighted by molar-refractivity contribution is 5.81. The zero-order valence-electron chi connectivity index (χ0n) is 14.4. The molecule has 3 rings (SSSR count). The van der Waals surface area contributed by atoms with E-state index in [4.69, 9.17) is 10.5 Å². The Morgan fingerprint density at radius 3 is 2.74 bits per heavy atom. The minimum atomic E-state index is -0.377. The summed E-state index contributed by atoms with van der Waals surface area (Å²) in [5.41, 5.74) is 7.12. The number of carbonyl (C=O) groups is 1. The zero-order chi connectivity index (χ0) is 16.7. The number of rotatable bonds is 4. The van der Waals surface area contributed by atoms with Crippen molar-refractivity contribution in [2.75, 3.05) is 7.11 Å². The summed E-state index contributed by atoms with van der Waals surface area (Å²) in [6, 6.07) is 8.25. The SMILES string of the molecule is COc1ccccc1C1(C)CC1NC(=O)C1CCCCC1(C)N. The number of nitrogens with two attached hydrogens (primary N) is 1. The molecule has 0 spiro atoms. The van der Waals surface area contributed by atoms with Crippen LogP contribution in [0.4, 0.5) is 0 Å². The van der Waals surface area contributed by atoms with E-state index in [1.165, 1.54) is 5.56 Å². The fourth-order valence-electron chi connectivity index (χ4n) is 4.05. The number of hydrogen-bond acceptors (Lipinski definition) is 3. The van der Waals surface area contributed by atoms with Gasteiger partial charge in [0.15, 0.2) is 0 Å². The smallest absolute Gasteiger partial charge is 0.225 e. The third kappa shape index (κ3) is 2.97. The summed E-state index contributed by atoms with van der Waals surface area (Å²) >= 11 is 0. The van der Waals surface area contributed by atoms with E-state index in [0.717, 1.165) is 37.9 Å². The van der Waals surface area contributed by atoms with E-state index in [2.05, 4.69) is 18.3 Å². The van der Waals surface area contributed by atoms with Crippen molar-refractivity contribution in [3.63, 3.8) is 0 Å². The van der Waals surface area contributed by atoms with E-state index in [9.17, 15) is 4.79 Å². The quantitative estimate of drug-likeness (QED) is 0.898. The topological polar surface area (TPSA) is 64.3 Å². The van der Waals surface area contributed by atoms with Crippen molar-refractivity contribution in [1.82, 2.24) is 5.32 Å². The van der Waals surface area contributed by atoms with Gasteiger partial charge in [-0.15, -0.1) is 0 Å². The monoisotopic (exact) mass is 316 g/mol. The minimum Gasteiger partial charge on any atom is -0.496 e. The highest BCUT2D eigenvalue weighted by Gasteiger charge is 2.54. The average Bonchev–Trinajstić information content (AvgIpc) is 3.17. The Morgan fingerprint density at radius 2 is 2.04 bits per heavy atom. The molecule has 2 saturated carbocycles. The van der Waals surface area contributed by atoms with Gasteiger partial charge in [-0.25, -0.2) is 0 Å². The van der Waals surface area contributed by atoms with E-state index in [1.807, 2.05) is 25.1 Å². The Hall–Kier alpha value is -1.55. The van der Waals surface area contributed by atoms with Gasteiger partial charge in [-0.1, -0.05) is 38.0 Å². The van der Waals surface area contributed by atoms with Crippen molar-refractivity contribution >= 4 is 5.91 Å². The normalized spacial score (nSPS) is 36.3. The molecule has 3 N–H and O–H groups in total. The summed E-state index contributed by atoms with van der Waals surface area (Å²) in [6.07, 6.45) is 5.00. The van der Waals surface area contributed by atoms with Crippen LogP contribution < -0.4 is 15.8 Å². The summed E-state index contributed by atoms with van der Waals surface area (Å²) in [6.45, 7) is 4.21. The van der Waals surface area contributed by atoms with Gasteiger partial charge < -0.3 is 15.8 Å². The lowest BCUT2D eigenvalue weighted by molar-refractivity contribution is -0.128. The molecule has 1 aromatic rings. The van der Waals surface area contributed by atoms with Crippen molar-refractivity contribution in [2.45, 2.75) is 62.9 Å². The van der Waals surface area contributed by atoms with Gasteiger partial charge in [-0.05, 0) is 32.3 Å². The first-order chi connectivity index (χ1) is 10.9. The molecule has 2 aliphatic rings. The molecule has 2 aliphatic carbocycles. The Balaban J connectivity index is 1.70. The molecule has 4 nitrogen and oxygen atoms in total. The molecule has 0 bridgehead atoms. The first-order valence-electron chi connectivity index (χ1n) is 8.61. The standard InChI is InChI=1S/C19H28N2O2/c1-18(13-8-4-5-10-15(13)23-3)12-16(18)21-17(22)14-9-6-7-11-19(14,2)20/h4-5,8,10,14,16H,6-7,9,11-12,20H2,1-3H3,(H,21,22). The summed E-state index contributed by atoms with van der Waals surface area (Å²) < 4.78 is 5.48. The van der Waals surface area contributed by atoms with Gasteiger partial charge in [0.25, 0.3) is 0 Å². The molecular weight excluding hydrogens is 288 g/mol. The summed E-state index contributed by atoms with van der Waals surface area (Å²) in [4.78, 5) is 12.7. The molecule has 0 aliphatic heterocycles. The van der Waals surface area contributed by atoms with E-state index >= 15 is 0 Å². The van der Waals surface area contributed by atoms with Crippen LogP contribution >= 0.6 is 0 Å². The first-order valence-corrected chi connectivity index (χ1v) is 8.61. The molecule has 4 unspecified atom stereocenters. The first kappa shape index (κ1) is 16.3. The second kappa shape index (κ2) is 5.82. The van der Waals surface area contributed by atoms with Crippen LogP contribution in [0, 0.1) is 5.92 Å². The Kier molecular flexibility index (Phi) is 4.13. The Morgan fingerprint density at radius 1 is 1.30 bits per heavy atom. The van der Waals surface area contributed by atoms with Crippen LogP contribution in [0.2, 0.25) is 0 Å². The third-order valence-electron chi connectivity index (χ3n) is 5.85.